The van der Waals surface area contributed by atoms with Crippen LogP contribution in [-0.4, -0.2) is 24.3 Å². The van der Waals surface area contributed by atoms with E-state index in [0.29, 0.717) is 36.7 Å². The maximum absolute atomic E-state index is 13.7. The van der Waals surface area contributed by atoms with Crippen LogP contribution in [0.1, 0.15) is 30.9 Å². The first kappa shape index (κ1) is 14.6. The summed E-state index contributed by atoms with van der Waals surface area (Å²) in [5.41, 5.74) is 0.273. The number of hydrogen-bond acceptors (Lipinski definition) is 3. The van der Waals surface area contributed by atoms with Gasteiger partial charge in [0.1, 0.15) is 13.2 Å². The van der Waals surface area contributed by atoms with Crippen LogP contribution >= 0.6 is 0 Å². The van der Waals surface area contributed by atoms with Crippen LogP contribution in [0.2, 0.25) is 0 Å². The molecular weight excluding hydrogens is 270 g/mol. The van der Waals surface area contributed by atoms with Crippen molar-refractivity contribution in [3.05, 3.63) is 23.3 Å². The lowest BCUT2D eigenvalue weighted by Gasteiger charge is -2.23. The van der Waals surface area contributed by atoms with Crippen molar-refractivity contribution in [2.24, 2.45) is 0 Å². The van der Waals surface area contributed by atoms with Crippen LogP contribution in [0.15, 0.2) is 12.1 Å². The van der Waals surface area contributed by atoms with E-state index in [1.54, 1.807) is 0 Å². The monoisotopic (exact) mass is 286 g/mol. The molecule has 0 amide bonds. The fourth-order valence-corrected chi connectivity index (χ4v) is 2.18. The second-order valence-corrected chi connectivity index (χ2v) is 4.79. The van der Waals surface area contributed by atoms with Gasteiger partial charge in [0.15, 0.2) is 11.5 Å². The molecule has 4 nitrogen and oxygen atoms in total. The van der Waals surface area contributed by atoms with Crippen LogP contribution in [0.4, 0.5) is 8.78 Å². The number of rotatable bonds is 5. The molecule has 0 saturated heterocycles. The third-order valence-electron chi connectivity index (χ3n) is 3.08. The first-order valence-corrected chi connectivity index (χ1v) is 6.40. The number of hydrogen-bond donors (Lipinski definition) is 1. The second-order valence-electron chi connectivity index (χ2n) is 4.79. The van der Waals surface area contributed by atoms with Crippen molar-refractivity contribution >= 4 is 5.97 Å². The molecular formula is C14H16F2O4. The maximum Gasteiger partial charge on any atom is 0.303 e. The fraction of sp³-hybridized carbons (Fsp3) is 0.500. The molecule has 0 radical (unpaired) electrons. The lowest BCUT2D eigenvalue weighted by molar-refractivity contribution is -0.137. The quantitative estimate of drug-likeness (QED) is 0.904. The Morgan fingerprint density at radius 2 is 1.90 bits per heavy atom. The van der Waals surface area contributed by atoms with Gasteiger partial charge in [-0.3, -0.25) is 4.79 Å². The van der Waals surface area contributed by atoms with E-state index in [9.17, 15) is 13.6 Å². The molecule has 1 aliphatic heterocycles. The average molecular weight is 286 g/mol. The van der Waals surface area contributed by atoms with E-state index in [-0.39, 0.29) is 18.4 Å². The first-order valence-electron chi connectivity index (χ1n) is 6.40. The molecule has 2 rings (SSSR count). The Morgan fingerprint density at radius 3 is 2.45 bits per heavy atom. The minimum atomic E-state index is -3.01. The molecule has 110 valence electrons. The van der Waals surface area contributed by atoms with Gasteiger partial charge >= 0.3 is 5.97 Å². The van der Waals surface area contributed by atoms with Gasteiger partial charge in [-0.25, -0.2) is 8.78 Å². The third-order valence-corrected chi connectivity index (χ3v) is 3.08. The Bertz CT molecular complexity index is 509. The summed E-state index contributed by atoms with van der Waals surface area (Å²) in [5, 5.41) is 8.62. The minimum absolute atomic E-state index is 0.0524. The van der Waals surface area contributed by atoms with Gasteiger partial charge in [-0.15, -0.1) is 0 Å². The molecule has 1 aromatic rings. The van der Waals surface area contributed by atoms with E-state index >= 15 is 0 Å². The van der Waals surface area contributed by atoms with E-state index in [0.717, 1.165) is 6.92 Å². The van der Waals surface area contributed by atoms with Gasteiger partial charge in [0.05, 0.1) is 0 Å². The lowest BCUT2D eigenvalue weighted by atomic mass is 9.97. The summed E-state index contributed by atoms with van der Waals surface area (Å²) in [7, 11) is 0. The van der Waals surface area contributed by atoms with E-state index in [1.807, 2.05) is 0 Å². The van der Waals surface area contributed by atoms with Crippen molar-refractivity contribution in [3.8, 4) is 11.5 Å². The van der Waals surface area contributed by atoms with Gasteiger partial charge in [0, 0.05) is 18.9 Å². The molecule has 0 aromatic heterocycles. The predicted molar refractivity (Wildman–Crippen MR) is 67.6 cm³/mol. The van der Waals surface area contributed by atoms with Crippen molar-refractivity contribution in [2.75, 3.05) is 13.2 Å². The van der Waals surface area contributed by atoms with Crippen molar-refractivity contribution < 1.29 is 28.2 Å². The molecule has 0 aliphatic carbocycles. The second kappa shape index (κ2) is 5.64. The summed E-state index contributed by atoms with van der Waals surface area (Å²) < 4.78 is 38.0. The number of carboxylic acids is 1. The summed E-state index contributed by atoms with van der Waals surface area (Å²) in [4.78, 5) is 10.5. The maximum atomic E-state index is 13.7. The zero-order valence-electron chi connectivity index (χ0n) is 11.1. The van der Waals surface area contributed by atoms with Gasteiger partial charge < -0.3 is 14.6 Å². The van der Waals surface area contributed by atoms with Crippen LogP contribution in [0.25, 0.3) is 0 Å². The molecule has 20 heavy (non-hydrogen) atoms. The number of aliphatic carboxylic acids is 1. The summed E-state index contributed by atoms with van der Waals surface area (Å²) in [6.45, 7) is 1.53. The number of ether oxygens (including phenoxy) is 2. The van der Waals surface area contributed by atoms with E-state index in [1.165, 1.54) is 12.1 Å². The molecule has 1 aliphatic rings. The molecule has 0 spiro atoms. The largest absolute Gasteiger partial charge is 0.486 e. The van der Waals surface area contributed by atoms with Gasteiger partial charge in [0.2, 0.25) is 0 Å². The topological polar surface area (TPSA) is 55.8 Å². The van der Waals surface area contributed by atoms with Gasteiger partial charge in [-0.05, 0) is 30.5 Å². The Hall–Kier alpha value is -1.85. The third kappa shape index (κ3) is 3.37. The summed E-state index contributed by atoms with van der Waals surface area (Å²) in [6.07, 6.45) is 0.517. The Kier molecular flexibility index (Phi) is 4.11. The molecule has 1 heterocycles. The highest BCUT2D eigenvalue weighted by Crippen LogP contribution is 2.39. The normalized spacial score (nSPS) is 14.2. The highest BCUT2D eigenvalue weighted by Gasteiger charge is 2.30. The number of benzene rings is 1. The van der Waals surface area contributed by atoms with Crippen molar-refractivity contribution in [1.82, 2.24) is 0 Å². The van der Waals surface area contributed by atoms with E-state index < -0.39 is 11.9 Å². The summed E-state index contributed by atoms with van der Waals surface area (Å²) in [5.74, 6) is -3.19. The van der Waals surface area contributed by atoms with E-state index in [4.69, 9.17) is 14.6 Å². The zero-order valence-corrected chi connectivity index (χ0v) is 11.1. The number of fused-ring (bicyclic) bond motifs is 1. The number of alkyl halides is 2. The van der Waals surface area contributed by atoms with Crippen LogP contribution in [0, 0.1) is 0 Å². The van der Waals surface area contributed by atoms with Crippen LogP contribution in [-0.2, 0) is 17.1 Å². The molecule has 0 saturated carbocycles. The van der Waals surface area contributed by atoms with Gasteiger partial charge in [0.25, 0.3) is 5.92 Å². The number of halogens is 2. The molecule has 0 unspecified atom stereocenters. The molecule has 0 atom stereocenters. The Balaban J connectivity index is 2.29. The number of carbonyl (C=O) groups is 1. The zero-order chi connectivity index (χ0) is 14.8. The number of carboxylic acid groups (broad SMARTS) is 1. The number of aryl methyl sites for hydroxylation is 1. The SMILES string of the molecule is CC(F)(F)c1cc2c(cc1CCCC(=O)O)OCCO2. The summed E-state index contributed by atoms with van der Waals surface area (Å²) in [6, 6.07) is 2.83. The molecule has 6 heteroatoms. The van der Waals surface area contributed by atoms with Crippen molar-refractivity contribution in [2.45, 2.75) is 32.1 Å². The Morgan fingerprint density at radius 1 is 1.30 bits per heavy atom. The predicted octanol–water partition coefficient (Wildman–Crippen LogP) is 2.98. The van der Waals surface area contributed by atoms with Crippen LogP contribution in [0.3, 0.4) is 0 Å². The average Bonchev–Trinajstić information content (AvgIpc) is 2.36. The molecule has 0 bridgehead atoms. The summed E-state index contributed by atoms with van der Waals surface area (Å²) >= 11 is 0. The first-order chi connectivity index (χ1) is 9.38. The highest BCUT2D eigenvalue weighted by molar-refractivity contribution is 5.66. The highest BCUT2D eigenvalue weighted by atomic mass is 19.3. The molecule has 1 aromatic carbocycles. The van der Waals surface area contributed by atoms with E-state index in [2.05, 4.69) is 0 Å². The molecule has 1 N–H and O–H groups in total. The Labute approximate surface area is 115 Å². The molecule has 0 fully saturated rings. The van der Waals surface area contributed by atoms with Crippen LogP contribution in [0.5, 0.6) is 11.5 Å². The lowest BCUT2D eigenvalue weighted by Crippen LogP contribution is -2.18. The standard InChI is InChI=1S/C14H16F2O4/c1-14(15,16)10-8-12-11(19-5-6-20-12)7-9(10)3-2-4-13(17)18/h7-8H,2-6H2,1H3,(H,17,18). The fourth-order valence-electron chi connectivity index (χ4n) is 2.18. The van der Waals surface area contributed by atoms with Crippen molar-refractivity contribution in [1.29, 1.82) is 0 Å². The minimum Gasteiger partial charge on any atom is -0.486 e. The van der Waals surface area contributed by atoms with Gasteiger partial charge in [-0.2, -0.15) is 0 Å². The smallest absolute Gasteiger partial charge is 0.303 e. The van der Waals surface area contributed by atoms with Crippen LogP contribution < -0.4 is 9.47 Å². The van der Waals surface area contributed by atoms with Gasteiger partial charge in [-0.1, -0.05) is 0 Å². The van der Waals surface area contributed by atoms with Crippen molar-refractivity contribution in [3.63, 3.8) is 0 Å².